The fraction of sp³-hybridized carbons (Fsp3) is 0.692. The third kappa shape index (κ3) is 4.25. The molecular formula is C13H21F3N4. The number of alkyl halides is 3. The van der Waals surface area contributed by atoms with Crippen molar-refractivity contribution in [3.8, 4) is 0 Å². The van der Waals surface area contributed by atoms with Crippen molar-refractivity contribution in [2.75, 3.05) is 23.8 Å². The van der Waals surface area contributed by atoms with Gasteiger partial charge in [0.1, 0.15) is 5.82 Å². The molecule has 0 unspecified atom stereocenters. The molecular weight excluding hydrogens is 269 g/mol. The molecule has 0 saturated heterocycles. The number of hydrogen-bond acceptors (Lipinski definition) is 4. The summed E-state index contributed by atoms with van der Waals surface area (Å²) in [6.07, 6.45) is -4.48. The molecule has 1 N–H and O–H groups in total. The van der Waals surface area contributed by atoms with Crippen LogP contribution in [0, 0.1) is 5.92 Å². The molecule has 7 heteroatoms. The van der Waals surface area contributed by atoms with Crippen molar-refractivity contribution in [3.05, 3.63) is 11.8 Å². The number of nitrogens with zero attached hydrogens (tertiary/aromatic N) is 3. The SMILES string of the molecule is CNc1nc(N(CC(C)C)C(C)C)cc(C(F)(F)F)n1. The van der Waals surface area contributed by atoms with E-state index in [1.54, 1.807) is 0 Å². The van der Waals surface area contributed by atoms with Crippen molar-refractivity contribution in [2.24, 2.45) is 5.92 Å². The standard InChI is InChI=1S/C13H21F3N4/c1-8(2)7-20(9(3)4)11-6-10(13(14,15)16)18-12(17-5)19-11/h6,8-9H,7H2,1-5H3,(H,17,18,19). The number of hydrogen-bond donors (Lipinski definition) is 1. The third-order valence-electron chi connectivity index (χ3n) is 2.71. The third-order valence-corrected chi connectivity index (χ3v) is 2.71. The van der Waals surface area contributed by atoms with Gasteiger partial charge in [-0.1, -0.05) is 13.8 Å². The largest absolute Gasteiger partial charge is 0.433 e. The lowest BCUT2D eigenvalue weighted by Gasteiger charge is -2.30. The van der Waals surface area contributed by atoms with E-state index in [1.807, 2.05) is 32.6 Å². The minimum atomic E-state index is -4.48. The van der Waals surface area contributed by atoms with Crippen molar-refractivity contribution < 1.29 is 13.2 Å². The van der Waals surface area contributed by atoms with Gasteiger partial charge in [-0.25, -0.2) is 4.98 Å². The Hall–Kier alpha value is -1.53. The molecule has 114 valence electrons. The summed E-state index contributed by atoms with van der Waals surface area (Å²) in [5, 5.41) is 2.58. The molecule has 0 aliphatic rings. The minimum absolute atomic E-state index is 0.0239. The predicted octanol–water partition coefficient (Wildman–Crippen LogP) is 3.41. The lowest BCUT2D eigenvalue weighted by atomic mass is 10.1. The Morgan fingerprint density at radius 3 is 2.20 bits per heavy atom. The maximum atomic E-state index is 12.9. The molecule has 0 saturated carbocycles. The number of nitrogens with one attached hydrogen (secondary N) is 1. The van der Waals surface area contributed by atoms with Gasteiger partial charge in [0.2, 0.25) is 5.95 Å². The van der Waals surface area contributed by atoms with Crippen LogP contribution in [0.1, 0.15) is 33.4 Å². The molecule has 0 atom stereocenters. The van der Waals surface area contributed by atoms with Gasteiger partial charge in [0, 0.05) is 25.7 Å². The monoisotopic (exact) mass is 290 g/mol. The van der Waals surface area contributed by atoms with E-state index in [1.165, 1.54) is 7.05 Å². The van der Waals surface area contributed by atoms with E-state index in [9.17, 15) is 13.2 Å². The second-order valence-corrected chi connectivity index (χ2v) is 5.32. The van der Waals surface area contributed by atoms with Gasteiger partial charge in [0.15, 0.2) is 5.69 Å². The normalized spacial score (nSPS) is 12.1. The highest BCUT2D eigenvalue weighted by molar-refractivity contribution is 5.46. The van der Waals surface area contributed by atoms with E-state index in [4.69, 9.17) is 0 Å². The van der Waals surface area contributed by atoms with Crippen LogP contribution in [0.2, 0.25) is 0 Å². The average molecular weight is 290 g/mol. The van der Waals surface area contributed by atoms with Gasteiger partial charge in [-0.2, -0.15) is 18.2 Å². The van der Waals surface area contributed by atoms with Crippen LogP contribution < -0.4 is 10.2 Å². The molecule has 1 aromatic heterocycles. The summed E-state index contributed by atoms with van der Waals surface area (Å²) in [6, 6.07) is 1.06. The molecule has 0 aliphatic carbocycles. The maximum absolute atomic E-state index is 12.9. The van der Waals surface area contributed by atoms with Gasteiger partial charge < -0.3 is 10.2 Å². The van der Waals surface area contributed by atoms with Crippen LogP contribution in [0.25, 0.3) is 0 Å². The topological polar surface area (TPSA) is 41.1 Å². The van der Waals surface area contributed by atoms with Crippen LogP contribution in [0.3, 0.4) is 0 Å². The van der Waals surface area contributed by atoms with Crippen molar-refractivity contribution in [1.29, 1.82) is 0 Å². The van der Waals surface area contributed by atoms with Gasteiger partial charge in [-0.15, -0.1) is 0 Å². The summed E-state index contributed by atoms with van der Waals surface area (Å²) in [7, 11) is 1.50. The number of aromatic nitrogens is 2. The Kier molecular flexibility index (Phi) is 5.19. The van der Waals surface area contributed by atoms with Crippen molar-refractivity contribution in [3.63, 3.8) is 0 Å². The molecule has 0 fully saturated rings. The molecule has 1 aromatic rings. The van der Waals surface area contributed by atoms with Crippen LogP contribution >= 0.6 is 0 Å². The van der Waals surface area contributed by atoms with E-state index in [0.29, 0.717) is 18.3 Å². The van der Waals surface area contributed by atoms with E-state index < -0.39 is 11.9 Å². The van der Waals surface area contributed by atoms with Gasteiger partial charge in [0.05, 0.1) is 0 Å². The molecule has 0 aromatic carbocycles. The predicted molar refractivity (Wildman–Crippen MR) is 73.9 cm³/mol. The lowest BCUT2D eigenvalue weighted by molar-refractivity contribution is -0.141. The van der Waals surface area contributed by atoms with Crippen LogP contribution in [0.4, 0.5) is 24.9 Å². The summed E-state index contributed by atoms with van der Waals surface area (Å²) in [5.74, 6) is 0.587. The molecule has 0 amide bonds. The van der Waals surface area contributed by atoms with Crippen molar-refractivity contribution >= 4 is 11.8 Å². The van der Waals surface area contributed by atoms with Crippen LogP contribution in [0.5, 0.6) is 0 Å². The fourth-order valence-electron chi connectivity index (χ4n) is 1.80. The zero-order chi connectivity index (χ0) is 15.5. The Morgan fingerprint density at radius 2 is 1.80 bits per heavy atom. The Labute approximate surface area is 117 Å². The highest BCUT2D eigenvalue weighted by Crippen LogP contribution is 2.31. The van der Waals surface area contributed by atoms with Crippen molar-refractivity contribution in [2.45, 2.75) is 39.9 Å². The fourth-order valence-corrected chi connectivity index (χ4v) is 1.80. The highest BCUT2D eigenvalue weighted by atomic mass is 19.4. The van der Waals surface area contributed by atoms with Crippen LogP contribution in [-0.4, -0.2) is 29.6 Å². The molecule has 0 spiro atoms. The Morgan fingerprint density at radius 1 is 1.20 bits per heavy atom. The zero-order valence-corrected chi connectivity index (χ0v) is 12.4. The quantitative estimate of drug-likeness (QED) is 0.902. The number of halogens is 3. The second-order valence-electron chi connectivity index (χ2n) is 5.32. The van der Waals surface area contributed by atoms with Gasteiger partial charge >= 0.3 is 6.18 Å². The smallest absolute Gasteiger partial charge is 0.357 e. The summed E-state index contributed by atoms with van der Waals surface area (Å²) in [6.45, 7) is 8.52. The second kappa shape index (κ2) is 6.28. The molecule has 0 bridgehead atoms. The van der Waals surface area contributed by atoms with Crippen molar-refractivity contribution in [1.82, 2.24) is 9.97 Å². The first-order chi connectivity index (χ1) is 9.15. The van der Waals surface area contributed by atoms with E-state index in [2.05, 4.69) is 15.3 Å². The van der Waals surface area contributed by atoms with E-state index >= 15 is 0 Å². The summed E-state index contributed by atoms with van der Waals surface area (Å²) < 4.78 is 38.6. The number of anilines is 2. The molecule has 4 nitrogen and oxygen atoms in total. The molecule has 0 radical (unpaired) electrons. The first-order valence-corrected chi connectivity index (χ1v) is 6.55. The van der Waals surface area contributed by atoms with E-state index in [0.717, 1.165) is 6.07 Å². The van der Waals surface area contributed by atoms with Gasteiger partial charge in [0.25, 0.3) is 0 Å². The molecule has 1 heterocycles. The highest BCUT2D eigenvalue weighted by Gasteiger charge is 2.34. The summed E-state index contributed by atoms with van der Waals surface area (Å²) in [4.78, 5) is 9.46. The first kappa shape index (κ1) is 16.5. The first-order valence-electron chi connectivity index (χ1n) is 6.55. The Bertz CT molecular complexity index is 444. The molecule has 0 aliphatic heterocycles. The minimum Gasteiger partial charge on any atom is -0.357 e. The lowest BCUT2D eigenvalue weighted by Crippen LogP contribution is -2.35. The molecule has 20 heavy (non-hydrogen) atoms. The van der Waals surface area contributed by atoms with Gasteiger partial charge in [-0.3, -0.25) is 0 Å². The summed E-state index contributed by atoms with van der Waals surface area (Å²) in [5.41, 5.74) is -0.929. The van der Waals surface area contributed by atoms with Crippen LogP contribution in [-0.2, 0) is 6.18 Å². The average Bonchev–Trinajstić information content (AvgIpc) is 2.33. The van der Waals surface area contributed by atoms with Crippen LogP contribution in [0.15, 0.2) is 6.07 Å². The van der Waals surface area contributed by atoms with E-state index in [-0.39, 0.29) is 12.0 Å². The maximum Gasteiger partial charge on any atom is 0.433 e. The zero-order valence-electron chi connectivity index (χ0n) is 12.4. The summed E-state index contributed by atoms with van der Waals surface area (Å²) >= 11 is 0. The number of rotatable bonds is 5. The molecule has 1 rings (SSSR count). The van der Waals surface area contributed by atoms with Gasteiger partial charge in [-0.05, 0) is 19.8 Å². The Balaban J connectivity index is 3.27.